The number of thiophene rings is 1. The van der Waals surface area contributed by atoms with Crippen molar-refractivity contribution in [1.29, 1.82) is 0 Å². The van der Waals surface area contributed by atoms with Crippen LogP contribution >= 0.6 is 27.3 Å². The first kappa shape index (κ1) is 12.4. The lowest BCUT2D eigenvalue weighted by Gasteiger charge is -2.02. The Hall–Kier alpha value is -1.59. The summed E-state index contributed by atoms with van der Waals surface area (Å²) in [6.45, 7) is 2.05. The Morgan fingerprint density at radius 1 is 1.21 bits per heavy atom. The summed E-state index contributed by atoms with van der Waals surface area (Å²) >= 11 is 5.07. The van der Waals surface area contributed by atoms with Gasteiger partial charge in [-0.15, -0.1) is 0 Å². The van der Waals surface area contributed by atoms with Crippen LogP contribution in [-0.2, 0) is 0 Å². The number of aromatic nitrogens is 1. The molecule has 2 N–H and O–H groups in total. The highest BCUT2D eigenvalue weighted by Crippen LogP contribution is 2.39. The summed E-state index contributed by atoms with van der Waals surface area (Å²) in [6, 6.07) is 7.95. The molecule has 0 atom stereocenters. The van der Waals surface area contributed by atoms with E-state index in [1.165, 1.54) is 5.56 Å². The van der Waals surface area contributed by atoms with Crippen LogP contribution in [0.2, 0.25) is 0 Å². The van der Waals surface area contributed by atoms with Crippen molar-refractivity contribution >= 4 is 33.1 Å². The van der Waals surface area contributed by atoms with Crippen LogP contribution in [-0.4, -0.2) is 5.16 Å². The van der Waals surface area contributed by atoms with Crippen molar-refractivity contribution in [2.75, 3.05) is 5.73 Å². The van der Waals surface area contributed by atoms with E-state index in [4.69, 9.17) is 10.3 Å². The molecule has 96 valence electrons. The molecule has 19 heavy (non-hydrogen) atoms. The summed E-state index contributed by atoms with van der Waals surface area (Å²) in [5.41, 5.74) is 10.0. The third-order valence-electron chi connectivity index (χ3n) is 2.95. The molecule has 3 rings (SSSR count). The molecule has 0 saturated carbocycles. The molecular formula is C14H11BrN2OS. The maximum Gasteiger partial charge on any atom is 0.178 e. The third kappa shape index (κ3) is 2.19. The van der Waals surface area contributed by atoms with Crippen LogP contribution in [0.25, 0.3) is 22.5 Å². The molecule has 0 spiro atoms. The first-order valence-corrected chi connectivity index (χ1v) is 7.44. The molecule has 0 unspecified atom stereocenters. The van der Waals surface area contributed by atoms with Crippen molar-refractivity contribution in [3.8, 4) is 22.5 Å². The summed E-state index contributed by atoms with van der Waals surface area (Å²) in [7, 11) is 0. The third-order valence-corrected chi connectivity index (χ3v) is 4.34. The summed E-state index contributed by atoms with van der Waals surface area (Å²) in [6.07, 6.45) is 0. The maximum absolute atomic E-state index is 5.95. The average Bonchev–Trinajstić information content (AvgIpc) is 2.97. The second kappa shape index (κ2) is 4.83. The monoisotopic (exact) mass is 334 g/mol. The summed E-state index contributed by atoms with van der Waals surface area (Å²) in [4.78, 5) is 0. The van der Waals surface area contributed by atoms with Gasteiger partial charge in [0, 0.05) is 15.4 Å². The van der Waals surface area contributed by atoms with E-state index in [1.807, 2.05) is 24.3 Å². The van der Waals surface area contributed by atoms with Gasteiger partial charge in [-0.05, 0) is 35.6 Å². The van der Waals surface area contributed by atoms with E-state index in [0.717, 1.165) is 26.9 Å². The van der Waals surface area contributed by atoms with Crippen LogP contribution in [0.1, 0.15) is 5.56 Å². The zero-order valence-electron chi connectivity index (χ0n) is 10.2. The van der Waals surface area contributed by atoms with Crippen LogP contribution < -0.4 is 5.73 Å². The molecule has 0 aliphatic carbocycles. The normalized spacial score (nSPS) is 10.8. The summed E-state index contributed by atoms with van der Waals surface area (Å²) in [5.74, 6) is 1.15. The van der Waals surface area contributed by atoms with E-state index in [-0.39, 0.29) is 0 Å². The number of hydrogen-bond donors (Lipinski definition) is 1. The highest BCUT2D eigenvalue weighted by Gasteiger charge is 2.19. The maximum atomic E-state index is 5.95. The van der Waals surface area contributed by atoms with Gasteiger partial charge in [0.15, 0.2) is 11.6 Å². The van der Waals surface area contributed by atoms with Gasteiger partial charge >= 0.3 is 0 Å². The second-order valence-electron chi connectivity index (χ2n) is 4.25. The topological polar surface area (TPSA) is 52.0 Å². The predicted molar refractivity (Wildman–Crippen MR) is 82.1 cm³/mol. The number of halogens is 1. The van der Waals surface area contributed by atoms with Crippen molar-refractivity contribution in [1.82, 2.24) is 5.16 Å². The molecule has 3 nitrogen and oxygen atoms in total. The van der Waals surface area contributed by atoms with Crippen LogP contribution in [0.3, 0.4) is 0 Å². The number of anilines is 1. The molecule has 0 aliphatic rings. The number of nitrogens with zero attached hydrogens (tertiary/aromatic N) is 1. The number of benzene rings is 1. The SMILES string of the molecule is Cc1cscc1-c1onc(N)c1-c1ccc(Br)cc1. The fraction of sp³-hybridized carbons (Fsp3) is 0.0714. The lowest BCUT2D eigenvalue weighted by molar-refractivity contribution is 0.436. The number of aryl methyl sites for hydroxylation is 1. The van der Waals surface area contributed by atoms with Crippen LogP contribution in [0.5, 0.6) is 0 Å². The Morgan fingerprint density at radius 2 is 1.95 bits per heavy atom. The molecule has 0 bridgehead atoms. The molecular weight excluding hydrogens is 324 g/mol. The average molecular weight is 335 g/mol. The molecule has 1 aromatic carbocycles. The van der Waals surface area contributed by atoms with Gasteiger partial charge in [0.1, 0.15) is 0 Å². The van der Waals surface area contributed by atoms with Crippen molar-refractivity contribution in [2.45, 2.75) is 6.92 Å². The van der Waals surface area contributed by atoms with Crippen LogP contribution in [0.15, 0.2) is 44.0 Å². The minimum absolute atomic E-state index is 0.419. The molecule has 2 heterocycles. The van der Waals surface area contributed by atoms with Crippen molar-refractivity contribution < 1.29 is 4.52 Å². The molecule has 5 heteroatoms. The van der Waals surface area contributed by atoms with Gasteiger partial charge in [-0.2, -0.15) is 11.3 Å². The smallest absolute Gasteiger partial charge is 0.178 e. The number of nitrogen functional groups attached to an aromatic ring is 1. The Kier molecular flexibility index (Phi) is 3.16. The highest BCUT2D eigenvalue weighted by molar-refractivity contribution is 9.10. The molecule has 0 amide bonds. The van der Waals surface area contributed by atoms with Gasteiger partial charge in [-0.25, -0.2) is 0 Å². The minimum Gasteiger partial charge on any atom is -0.380 e. The Bertz CT molecular complexity index is 715. The first-order valence-electron chi connectivity index (χ1n) is 5.71. The van der Waals surface area contributed by atoms with Crippen molar-refractivity contribution in [2.24, 2.45) is 0 Å². The molecule has 0 aliphatic heterocycles. The molecule has 0 fully saturated rings. The molecule has 3 aromatic rings. The first-order chi connectivity index (χ1) is 9.16. The van der Waals surface area contributed by atoms with E-state index in [9.17, 15) is 0 Å². The number of hydrogen-bond acceptors (Lipinski definition) is 4. The minimum atomic E-state index is 0.419. The standard InChI is InChI=1S/C14H11BrN2OS/c1-8-6-19-7-11(8)13-12(14(16)17-18-13)9-2-4-10(15)5-3-9/h2-7H,1H3,(H2,16,17). The fourth-order valence-corrected chi connectivity index (χ4v) is 3.07. The Morgan fingerprint density at radius 3 is 2.58 bits per heavy atom. The quantitative estimate of drug-likeness (QED) is 0.737. The van der Waals surface area contributed by atoms with E-state index < -0.39 is 0 Å². The zero-order chi connectivity index (χ0) is 13.4. The van der Waals surface area contributed by atoms with E-state index >= 15 is 0 Å². The molecule has 0 saturated heterocycles. The van der Waals surface area contributed by atoms with E-state index in [2.05, 4.69) is 38.8 Å². The van der Waals surface area contributed by atoms with Gasteiger partial charge in [0.05, 0.1) is 5.56 Å². The van der Waals surface area contributed by atoms with E-state index in [0.29, 0.717) is 5.82 Å². The van der Waals surface area contributed by atoms with Crippen molar-refractivity contribution in [3.63, 3.8) is 0 Å². The zero-order valence-corrected chi connectivity index (χ0v) is 12.6. The van der Waals surface area contributed by atoms with Crippen LogP contribution in [0, 0.1) is 6.92 Å². The van der Waals surface area contributed by atoms with Gasteiger partial charge in [0.2, 0.25) is 0 Å². The Labute approximate surface area is 123 Å². The van der Waals surface area contributed by atoms with Gasteiger partial charge in [0.25, 0.3) is 0 Å². The fourth-order valence-electron chi connectivity index (χ4n) is 1.97. The molecule has 0 radical (unpaired) electrons. The van der Waals surface area contributed by atoms with E-state index in [1.54, 1.807) is 11.3 Å². The van der Waals surface area contributed by atoms with Crippen molar-refractivity contribution in [3.05, 3.63) is 45.1 Å². The largest absolute Gasteiger partial charge is 0.380 e. The molecule has 2 aromatic heterocycles. The predicted octanol–water partition coefficient (Wildman–Crippen LogP) is 4.72. The van der Waals surface area contributed by atoms with Gasteiger partial charge < -0.3 is 10.3 Å². The lowest BCUT2D eigenvalue weighted by Crippen LogP contribution is -1.88. The number of rotatable bonds is 2. The second-order valence-corrected chi connectivity index (χ2v) is 5.91. The van der Waals surface area contributed by atoms with Gasteiger partial charge in [-0.1, -0.05) is 33.2 Å². The van der Waals surface area contributed by atoms with Crippen LogP contribution in [0.4, 0.5) is 5.82 Å². The van der Waals surface area contributed by atoms with Gasteiger partial charge in [-0.3, -0.25) is 0 Å². The highest BCUT2D eigenvalue weighted by atomic mass is 79.9. The Balaban J connectivity index is 2.19. The number of nitrogens with two attached hydrogens (primary N) is 1. The lowest BCUT2D eigenvalue weighted by atomic mass is 10.0. The summed E-state index contributed by atoms with van der Waals surface area (Å²) in [5, 5.41) is 8.04. The summed E-state index contributed by atoms with van der Waals surface area (Å²) < 4.78 is 6.45.